The second kappa shape index (κ2) is 6.68. The molecule has 27 heavy (non-hydrogen) atoms. The summed E-state index contributed by atoms with van der Waals surface area (Å²) in [5.41, 5.74) is 3.81. The summed E-state index contributed by atoms with van der Waals surface area (Å²) in [7, 11) is 1.87. The molecule has 0 radical (unpaired) electrons. The van der Waals surface area contributed by atoms with Gasteiger partial charge in [-0.1, -0.05) is 17.2 Å². The molecule has 0 N–H and O–H groups in total. The smallest absolute Gasteiger partial charge is 0.259 e. The first-order valence-electron chi connectivity index (χ1n) is 9.23. The molecule has 8 nitrogen and oxygen atoms in total. The van der Waals surface area contributed by atoms with Gasteiger partial charge in [0.2, 0.25) is 0 Å². The zero-order valence-electron chi connectivity index (χ0n) is 16.0. The Hall–Kier alpha value is -2.90. The fraction of sp³-hybridized carbons (Fsp3) is 0.474. The van der Waals surface area contributed by atoms with Gasteiger partial charge < -0.3 is 13.9 Å². The zero-order chi connectivity index (χ0) is 19.1. The van der Waals surface area contributed by atoms with Crippen LogP contribution in [0.2, 0.25) is 0 Å². The van der Waals surface area contributed by atoms with E-state index in [1.165, 1.54) is 0 Å². The molecule has 8 heteroatoms. The highest BCUT2D eigenvalue weighted by Gasteiger charge is 2.37. The van der Waals surface area contributed by atoms with Gasteiger partial charge >= 0.3 is 0 Å². The number of aromatic nitrogens is 4. The molecule has 1 fully saturated rings. The average Bonchev–Trinajstić information content (AvgIpc) is 3.40. The van der Waals surface area contributed by atoms with Crippen LogP contribution < -0.4 is 0 Å². The van der Waals surface area contributed by atoms with Gasteiger partial charge in [-0.15, -0.1) is 0 Å². The Labute approximate surface area is 157 Å². The lowest BCUT2D eigenvalue weighted by molar-refractivity contribution is 0.0730. The highest BCUT2D eigenvalue weighted by Crippen LogP contribution is 2.38. The van der Waals surface area contributed by atoms with Crippen LogP contribution in [0.4, 0.5) is 0 Å². The molecule has 0 spiro atoms. The maximum atomic E-state index is 13.3. The van der Waals surface area contributed by atoms with E-state index in [-0.39, 0.29) is 11.9 Å². The van der Waals surface area contributed by atoms with Gasteiger partial charge in [-0.05, 0) is 33.1 Å². The van der Waals surface area contributed by atoms with E-state index in [1.54, 1.807) is 11.6 Å². The summed E-state index contributed by atoms with van der Waals surface area (Å²) in [4.78, 5) is 15.2. The summed E-state index contributed by atoms with van der Waals surface area (Å²) in [6, 6.07) is 1.78. The Morgan fingerprint density at radius 3 is 2.81 bits per heavy atom. The lowest BCUT2D eigenvalue weighted by Crippen LogP contribution is -2.32. The number of likely N-dealkylation sites (tertiary alicyclic amines) is 1. The first kappa shape index (κ1) is 17.5. The summed E-state index contributed by atoms with van der Waals surface area (Å²) < 4.78 is 12.5. The SMILES string of the molecule is CCc1noc(C)c1C(=O)N1CCCC1c1nn(C)cc1-c1cc(C)no1. The van der Waals surface area contributed by atoms with Crippen LogP contribution in [0.3, 0.4) is 0 Å². The van der Waals surface area contributed by atoms with Crippen LogP contribution in [0.5, 0.6) is 0 Å². The lowest BCUT2D eigenvalue weighted by Gasteiger charge is -2.24. The topological polar surface area (TPSA) is 90.2 Å². The van der Waals surface area contributed by atoms with Crippen molar-refractivity contribution in [1.82, 2.24) is 25.0 Å². The molecule has 1 amide bonds. The maximum absolute atomic E-state index is 13.3. The van der Waals surface area contributed by atoms with Crippen molar-refractivity contribution in [2.45, 2.75) is 46.1 Å². The van der Waals surface area contributed by atoms with Gasteiger partial charge in [0.15, 0.2) is 5.76 Å². The predicted molar refractivity (Wildman–Crippen MR) is 97.1 cm³/mol. The van der Waals surface area contributed by atoms with E-state index in [0.717, 1.165) is 29.8 Å². The minimum Gasteiger partial charge on any atom is -0.361 e. The van der Waals surface area contributed by atoms with Crippen LogP contribution >= 0.6 is 0 Å². The van der Waals surface area contributed by atoms with Gasteiger partial charge in [0.25, 0.3) is 5.91 Å². The van der Waals surface area contributed by atoms with Crippen molar-refractivity contribution in [3.8, 4) is 11.3 Å². The minimum absolute atomic E-state index is 0.0431. The molecule has 0 aromatic carbocycles. The highest BCUT2D eigenvalue weighted by molar-refractivity contribution is 5.96. The highest BCUT2D eigenvalue weighted by atomic mass is 16.5. The van der Waals surface area contributed by atoms with E-state index in [2.05, 4.69) is 15.4 Å². The summed E-state index contributed by atoms with van der Waals surface area (Å²) in [5, 5.41) is 12.7. The summed E-state index contributed by atoms with van der Waals surface area (Å²) >= 11 is 0. The summed E-state index contributed by atoms with van der Waals surface area (Å²) in [6.45, 7) is 6.32. The van der Waals surface area contributed by atoms with Crippen LogP contribution in [0.25, 0.3) is 11.3 Å². The minimum atomic E-state index is -0.113. The molecule has 0 saturated carbocycles. The van der Waals surface area contributed by atoms with Crippen molar-refractivity contribution >= 4 is 5.91 Å². The second-order valence-electron chi connectivity index (χ2n) is 7.00. The molecule has 1 aliphatic rings. The molecule has 4 rings (SSSR count). The molecule has 1 aliphatic heterocycles. The standard InChI is InChI=1S/C19H23N5O3/c1-5-14-17(12(3)26-22-14)19(25)24-8-6-7-15(24)18-13(10-23(4)20-18)16-9-11(2)21-27-16/h9-10,15H,5-8H2,1-4H3. The number of nitrogens with zero attached hydrogens (tertiary/aromatic N) is 5. The largest absolute Gasteiger partial charge is 0.361 e. The molecule has 3 aromatic heterocycles. The molecular formula is C19H23N5O3. The first-order chi connectivity index (χ1) is 13.0. The molecule has 1 unspecified atom stereocenters. The third kappa shape index (κ3) is 2.94. The fourth-order valence-electron chi connectivity index (χ4n) is 3.80. The zero-order valence-corrected chi connectivity index (χ0v) is 16.0. The monoisotopic (exact) mass is 369 g/mol. The molecular weight excluding hydrogens is 346 g/mol. The molecule has 1 atom stereocenters. The lowest BCUT2D eigenvalue weighted by atomic mass is 10.0. The molecule has 1 saturated heterocycles. The van der Waals surface area contributed by atoms with Crippen LogP contribution in [0.15, 0.2) is 21.3 Å². The molecule has 4 heterocycles. The summed E-state index contributed by atoms with van der Waals surface area (Å²) in [5.74, 6) is 1.19. The Morgan fingerprint density at radius 2 is 2.11 bits per heavy atom. The average molecular weight is 369 g/mol. The first-order valence-corrected chi connectivity index (χ1v) is 9.23. The number of carbonyl (C=O) groups is 1. The van der Waals surface area contributed by atoms with Crippen LogP contribution in [0.1, 0.15) is 59.0 Å². The predicted octanol–water partition coefficient (Wildman–Crippen LogP) is 3.22. The number of rotatable bonds is 4. The number of hydrogen-bond donors (Lipinski definition) is 0. The number of amides is 1. The number of aryl methyl sites for hydroxylation is 4. The van der Waals surface area contributed by atoms with Crippen molar-refractivity contribution < 1.29 is 13.8 Å². The normalized spacial score (nSPS) is 17.0. The van der Waals surface area contributed by atoms with Gasteiger partial charge in [0.1, 0.15) is 11.3 Å². The van der Waals surface area contributed by atoms with E-state index in [4.69, 9.17) is 9.05 Å². The van der Waals surface area contributed by atoms with E-state index in [9.17, 15) is 4.79 Å². The number of carbonyl (C=O) groups excluding carboxylic acids is 1. The van der Waals surface area contributed by atoms with E-state index >= 15 is 0 Å². The van der Waals surface area contributed by atoms with Crippen molar-refractivity contribution in [3.05, 3.63) is 40.7 Å². The van der Waals surface area contributed by atoms with Gasteiger partial charge in [0, 0.05) is 25.9 Å². The van der Waals surface area contributed by atoms with Gasteiger partial charge in [0.05, 0.1) is 28.7 Å². The van der Waals surface area contributed by atoms with E-state index in [1.807, 2.05) is 38.1 Å². The molecule has 0 bridgehead atoms. The third-order valence-electron chi connectivity index (χ3n) is 5.06. The quantitative estimate of drug-likeness (QED) is 0.701. The molecule has 3 aromatic rings. The van der Waals surface area contributed by atoms with Gasteiger partial charge in [-0.3, -0.25) is 9.48 Å². The van der Waals surface area contributed by atoms with Crippen molar-refractivity contribution in [2.24, 2.45) is 7.05 Å². The Balaban J connectivity index is 1.72. The molecule has 0 aliphatic carbocycles. The maximum Gasteiger partial charge on any atom is 0.259 e. The van der Waals surface area contributed by atoms with Crippen molar-refractivity contribution in [3.63, 3.8) is 0 Å². The summed E-state index contributed by atoms with van der Waals surface area (Å²) in [6.07, 6.45) is 4.35. The Kier molecular flexibility index (Phi) is 4.33. The van der Waals surface area contributed by atoms with Crippen LogP contribution in [-0.2, 0) is 13.5 Å². The van der Waals surface area contributed by atoms with Gasteiger partial charge in [-0.25, -0.2) is 0 Å². The van der Waals surface area contributed by atoms with Crippen molar-refractivity contribution in [2.75, 3.05) is 6.54 Å². The second-order valence-corrected chi connectivity index (χ2v) is 7.00. The van der Waals surface area contributed by atoms with Crippen LogP contribution in [0, 0.1) is 13.8 Å². The van der Waals surface area contributed by atoms with E-state index in [0.29, 0.717) is 35.7 Å². The Morgan fingerprint density at radius 1 is 1.30 bits per heavy atom. The van der Waals surface area contributed by atoms with Gasteiger partial charge in [-0.2, -0.15) is 5.10 Å². The molecule has 142 valence electrons. The Bertz CT molecular complexity index is 984. The van der Waals surface area contributed by atoms with E-state index < -0.39 is 0 Å². The van der Waals surface area contributed by atoms with Crippen LogP contribution in [-0.4, -0.2) is 37.4 Å². The third-order valence-corrected chi connectivity index (χ3v) is 5.06. The fourth-order valence-corrected chi connectivity index (χ4v) is 3.80. The van der Waals surface area contributed by atoms with Crippen molar-refractivity contribution in [1.29, 1.82) is 0 Å². The number of hydrogen-bond acceptors (Lipinski definition) is 6.